The van der Waals surface area contributed by atoms with Crippen molar-refractivity contribution in [2.24, 2.45) is 0 Å². The predicted octanol–water partition coefficient (Wildman–Crippen LogP) is 2.52. The first-order chi connectivity index (χ1) is 10.2. The molecule has 1 aliphatic carbocycles. The van der Waals surface area contributed by atoms with Crippen LogP contribution >= 0.6 is 0 Å². The molecule has 0 spiro atoms. The number of aryl methyl sites for hydroxylation is 1. The van der Waals surface area contributed by atoms with Crippen molar-refractivity contribution in [1.29, 1.82) is 0 Å². The average Bonchev–Trinajstić information content (AvgIpc) is 2.91. The summed E-state index contributed by atoms with van der Waals surface area (Å²) in [5.74, 6) is 0.375. The molecule has 108 valence electrons. The van der Waals surface area contributed by atoms with Gasteiger partial charge in [-0.1, -0.05) is 18.2 Å². The minimum atomic E-state index is 0.0218. The number of hydrogen-bond donors (Lipinski definition) is 2. The summed E-state index contributed by atoms with van der Waals surface area (Å²) in [6.45, 7) is 0. The van der Waals surface area contributed by atoms with E-state index in [0.717, 1.165) is 29.5 Å². The largest absolute Gasteiger partial charge is 0.508 e. The lowest BCUT2D eigenvalue weighted by molar-refractivity contribution is -0.121. The molecule has 1 atom stereocenters. The first-order valence-corrected chi connectivity index (χ1v) is 7.23. The Labute approximate surface area is 123 Å². The van der Waals surface area contributed by atoms with Crippen LogP contribution in [0.25, 0.3) is 0 Å². The van der Waals surface area contributed by atoms with Gasteiger partial charge in [-0.3, -0.25) is 9.78 Å². The standard InChI is InChI=1S/C17H18N2O2/c20-16-5-1-4-13-14(16)7-8-15(13)19-17(21)9-6-12-3-2-10-18-11-12/h1-5,10-11,15,20H,6-9H2,(H,19,21). The highest BCUT2D eigenvalue weighted by molar-refractivity contribution is 5.77. The van der Waals surface area contributed by atoms with Crippen LogP contribution in [0.15, 0.2) is 42.7 Å². The molecule has 1 aliphatic rings. The van der Waals surface area contributed by atoms with Crippen LogP contribution in [-0.4, -0.2) is 16.0 Å². The van der Waals surface area contributed by atoms with Crippen LogP contribution < -0.4 is 5.32 Å². The number of nitrogens with one attached hydrogen (secondary N) is 1. The fourth-order valence-electron chi connectivity index (χ4n) is 2.86. The van der Waals surface area contributed by atoms with Gasteiger partial charge in [0.25, 0.3) is 0 Å². The zero-order valence-corrected chi connectivity index (χ0v) is 11.7. The molecular formula is C17H18N2O2. The Morgan fingerprint density at radius 3 is 3.05 bits per heavy atom. The molecule has 0 fully saturated rings. The maximum absolute atomic E-state index is 12.1. The van der Waals surface area contributed by atoms with Crippen LogP contribution in [-0.2, 0) is 17.6 Å². The zero-order chi connectivity index (χ0) is 14.7. The lowest BCUT2D eigenvalue weighted by atomic mass is 10.1. The average molecular weight is 282 g/mol. The van der Waals surface area contributed by atoms with E-state index in [9.17, 15) is 9.90 Å². The van der Waals surface area contributed by atoms with Gasteiger partial charge in [-0.15, -0.1) is 0 Å². The Kier molecular flexibility index (Phi) is 3.86. The highest BCUT2D eigenvalue weighted by atomic mass is 16.3. The lowest BCUT2D eigenvalue weighted by Crippen LogP contribution is -2.27. The first kappa shape index (κ1) is 13.6. The zero-order valence-electron chi connectivity index (χ0n) is 11.7. The van der Waals surface area contributed by atoms with E-state index in [0.29, 0.717) is 18.6 Å². The van der Waals surface area contributed by atoms with E-state index < -0.39 is 0 Å². The number of aromatic hydroxyl groups is 1. The number of phenols is 1. The smallest absolute Gasteiger partial charge is 0.220 e. The summed E-state index contributed by atoms with van der Waals surface area (Å²) in [5, 5.41) is 12.9. The van der Waals surface area contributed by atoms with E-state index >= 15 is 0 Å². The molecular weight excluding hydrogens is 264 g/mol. The highest BCUT2D eigenvalue weighted by Gasteiger charge is 2.25. The molecule has 21 heavy (non-hydrogen) atoms. The van der Waals surface area contributed by atoms with Crippen molar-refractivity contribution < 1.29 is 9.90 Å². The molecule has 2 N–H and O–H groups in total. The van der Waals surface area contributed by atoms with Crippen molar-refractivity contribution in [3.63, 3.8) is 0 Å². The molecule has 1 unspecified atom stereocenters. The lowest BCUT2D eigenvalue weighted by Gasteiger charge is -2.14. The summed E-state index contributed by atoms with van der Waals surface area (Å²) in [6.07, 6.45) is 6.33. The molecule has 1 aromatic carbocycles. The number of benzene rings is 1. The van der Waals surface area contributed by atoms with Crippen LogP contribution in [0.3, 0.4) is 0 Å². The molecule has 0 aliphatic heterocycles. The summed E-state index contributed by atoms with van der Waals surface area (Å²) in [6, 6.07) is 9.38. The number of carbonyl (C=O) groups excluding carboxylic acids is 1. The van der Waals surface area contributed by atoms with Gasteiger partial charge in [0.1, 0.15) is 5.75 Å². The number of phenolic OH excluding ortho intramolecular Hbond substituents is 1. The Hall–Kier alpha value is -2.36. The minimum absolute atomic E-state index is 0.0218. The molecule has 4 nitrogen and oxygen atoms in total. The molecule has 1 aromatic heterocycles. The second-order valence-electron chi connectivity index (χ2n) is 5.36. The number of fused-ring (bicyclic) bond motifs is 1. The molecule has 2 aromatic rings. The fourth-order valence-corrected chi connectivity index (χ4v) is 2.86. The van der Waals surface area contributed by atoms with E-state index in [1.54, 1.807) is 18.5 Å². The number of carbonyl (C=O) groups is 1. The van der Waals surface area contributed by atoms with Crippen molar-refractivity contribution >= 4 is 5.91 Å². The second-order valence-corrected chi connectivity index (χ2v) is 5.36. The minimum Gasteiger partial charge on any atom is -0.508 e. The van der Waals surface area contributed by atoms with Crippen LogP contribution in [0, 0.1) is 0 Å². The molecule has 1 amide bonds. The molecule has 1 heterocycles. The third-order valence-electron chi connectivity index (χ3n) is 3.94. The van der Waals surface area contributed by atoms with E-state index in [-0.39, 0.29) is 11.9 Å². The molecule has 0 saturated carbocycles. The van der Waals surface area contributed by atoms with Gasteiger partial charge < -0.3 is 10.4 Å². The van der Waals surface area contributed by atoms with E-state index in [4.69, 9.17) is 0 Å². The molecule has 0 bridgehead atoms. The number of pyridine rings is 1. The number of aromatic nitrogens is 1. The van der Waals surface area contributed by atoms with Gasteiger partial charge in [0.15, 0.2) is 0 Å². The SMILES string of the molecule is O=C(CCc1cccnc1)NC1CCc2c(O)cccc21. The van der Waals surface area contributed by atoms with Gasteiger partial charge in [0.05, 0.1) is 6.04 Å². The summed E-state index contributed by atoms with van der Waals surface area (Å²) in [4.78, 5) is 16.1. The summed E-state index contributed by atoms with van der Waals surface area (Å²) < 4.78 is 0. The maximum Gasteiger partial charge on any atom is 0.220 e. The Balaban J connectivity index is 1.59. The van der Waals surface area contributed by atoms with Gasteiger partial charge >= 0.3 is 0 Å². The van der Waals surface area contributed by atoms with Crippen molar-refractivity contribution in [2.45, 2.75) is 31.7 Å². The van der Waals surface area contributed by atoms with Crippen LogP contribution in [0.1, 0.15) is 35.6 Å². The van der Waals surface area contributed by atoms with Crippen LogP contribution in [0.2, 0.25) is 0 Å². The molecule has 3 rings (SSSR count). The van der Waals surface area contributed by atoms with E-state index in [1.807, 2.05) is 24.3 Å². The number of rotatable bonds is 4. The van der Waals surface area contributed by atoms with E-state index in [2.05, 4.69) is 10.3 Å². The normalized spacial score (nSPS) is 16.5. The molecule has 0 saturated heterocycles. The maximum atomic E-state index is 12.1. The summed E-state index contributed by atoms with van der Waals surface area (Å²) >= 11 is 0. The van der Waals surface area contributed by atoms with Gasteiger partial charge in [-0.2, -0.15) is 0 Å². The van der Waals surface area contributed by atoms with Crippen molar-refractivity contribution in [2.75, 3.05) is 0 Å². The number of nitrogens with zero attached hydrogens (tertiary/aromatic N) is 1. The summed E-state index contributed by atoms with van der Waals surface area (Å²) in [7, 11) is 0. The summed E-state index contributed by atoms with van der Waals surface area (Å²) in [5.41, 5.74) is 3.08. The van der Waals surface area contributed by atoms with Gasteiger partial charge in [-0.25, -0.2) is 0 Å². The Morgan fingerprint density at radius 2 is 2.24 bits per heavy atom. The first-order valence-electron chi connectivity index (χ1n) is 7.23. The quantitative estimate of drug-likeness (QED) is 0.905. The van der Waals surface area contributed by atoms with Gasteiger partial charge in [0, 0.05) is 18.8 Å². The number of hydrogen-bond acceptors (Lipinski definition) is 3. The van der Waals surface area contributed by atoms with Gasteiger partial charge in [0.2, 0.25) is 5.91 Å². The Morgan fingerprint density at radius 1 is 1.33 bits per heavy atom. The highest BCUT2D eigenvalue weighted by Crippen LogP contribution is 2.36. The van der Waals surface area contributed by atoms with E-state index in [1.165, 1.54) is 0 Å². The van der Waals surface area contributed by atoms with Crippen molar-refractivity contribution in [3.05, 3.63) is 59.4 Å². The molecule has 0 radical (unpaired) electrons. The second kappa shape index (κ2) is 5.95. The Bertz CT molecular complexity index is 640. The third-order valence-corrected chi connectivity index (χ3v) is 3.94. The van der Waals surface area contributed by atoms with Gasteiger partial charge in [-0.05, 0) is 48.1 Å². The van der Waals surface area contributed by atoms with Crippen LogP contribution in [0.4, 0.5) is 0 Å². The third kappa shape index (κ3) is 3.05. The van der Waals surface area contributed by atoms with Crippen molar-refractivity contribution in [1.82, 2.24) is 10.3 Å². The topological polar surface area (TPSA) is 62.2 Å². The predicted molar refractivity (Wildman–Crippen MR) is 79.9 cm³/mol. The molecule has 4 heteroatoms. The van der Waals surface area contributed by atoms with Crippen molar-refractivity contribution in [3.8, 4) is 5.75 Å². The number of amides is 1. The monoisotopic (exact) mass is 282 g/mol. The fraction of sp³-hybridized carbons (Fsp3) is 0.294. The van der Waals surface area contributed by atoms with Crippen LogP contribution in [0.5, 0.6) is 5.75 Å².